The Balaban J connectivity index is 2.17. The topological polar surface area (TPSA) is 101 Å². The number of primary amides is 1. The van der Waals surface area contributed by atoms with Crippen LogP contribution in [0.25, 0.3) is 22.1 Å². The van der Waals surface area contributed by atoms with Crippen LogP contribution in [0.15, 0.2) is 40.8 Å². The van der Waals surface area contributed by atoms with Crippen molar-refractivity contribution in [3.05, 3.63) is 42.2 Å². The van der Waals surface area contributed by atoms with E-state index < -0.39 is 5.91 Å². The van der Waals surface area contributed by atoms with Crippen LogP contribution in [0, 0.1) is 0 Å². The van der Waals surface area contributed by atoms with Crippen LogP contribution in [0.2, 0.25) is 0 Å². The van der Waals surface area contributed by atoms with Gasteiger partial charge in [-0.1, -0.05) is 6.07 Å². The molecule has 1 heterocycles. The predicted molar refractivity (Wildman–Crippen MR) is 87.7 cm³/mol. The molecule has 0 fully saturated rings. The zero-order valence-electron chi connectivity index (χ0n) is 12.8. The second kappa shape index (κ2) is 5.57. The number of carbonyl (C=O) groups excluding carboxylic acids is 1. The molecule has 0 aliphatic rings. The first-order valence-electron chi connectivity index (χ1n) is 6.88. The number of nitrogen functional groups attached to an aromatic ring is 1. The second-order valence-corrected chi connectivity index (χ2v) is 5.02. The molecular weight excluding hydrogens is 296 g/mol. The lowest BCUT2D eigenvalue weighted by Gasteiger charge is -2.08. The number of nitrogens with two attached hydrogens (primary N) is 2. The van der Waals surface area contributed by atoms with Gasteiger partial charge in [-0.15, -0.1) is 0 Å². The van der Waals surface area contributed by atoms with Gasteiger partial charge in [0.05, 0.1) is 19.9 Å². The fourth-order valence-corrected chi connectivity index (χ4v) is 2.45. The molecule has 4 N–H and O–H groups in total. The van der Waals surface area contributed by atoms with E-state index in [0.717, 1.165) is 11.1 Å². The lowest BCUT2D eigenvalue weighted by Crippen LogP contribution is -2.11. The molecule has 2 aromatic carbocycles. The molecular formula is C17H16N2O4. The highest BCUT2D eigenvalue weighted by molar-refractivity contribution is 6.05. The van der Waals surface area contributed by atoms with E-state index in [9.17, 15) is 4.79 Å². The Morgan fingerprint density at radius 1 is 1.00 bits per heavy atom. The number of hydrogen-bond acceptors (Lipinski definition) is 5. The minimum absolute atomic E-state index is 0.0274. The van der Waals surface area contributed by atoms with Crippen LogP contribution in [-0.2, 0) is 0 Å². The number of hydrogen-bond donors (Lipinski definition) is 2. The van der Waals surface area contributed by atoms with E-state index in [0.29, 0.717) is 22.5 Å². The maximum Gasteiger partial charge on any atom is 0.286 e. The number of furan rings is 1. The first kappa shape index (κ1) is 14.8. The van der Waals surface area contributed by atoms with Crippen LogP contribution in [0.5, 0.6) is 11.5 Å². The molecule has 0 bridgehead atoms. The molecule has 1 amide bonds. The quantitative estimate of drug-likeness (QED) is 0.771. The SMILES string of the molecule is COc1cc(OC)cc(-c2ccc3oc(C(N)=O)c(N)c3c2)c1. The summed E-state index contributed by atoms with van der Waals surface area (Å²) in [6, 6.07) is 11.0. The molecule has 6 nitrogen and oxygen atoms in total. The summed E-state index contributed by atoms with van der Waals surface area (Å²) in [5.41, 5.74) is 13.7. The van der Waals surface area contributed by atoms with E-state index in [1.54, 1.807) is 26.4 Å². The Hall–Kier alpha value is -3.15. The molecule has 3 rings (SSSR count). The van der Waals surface area contributed by atoms with Crippen molar-refractivity contribution in [2.24, 2.45) is 5.73 Å². The molecule has 3 aromatic rings. The fraction of sp³-hybridized carbons (Fsp3) is 0.118. The van der Waals surface area contributed by atoms with Gasteiger partial charge in [-0.3, -0.25) is 4.79 Å². The Morgan fingerprint density at radius 3 is 2.22 bits per heavy atom. The van der Waals surface area contributed by atoms with Crippen LogP contribution in [0.1, 0.15) is 10.6 Å². The zero-order valence-corrected chi connectivity index (χ0v) is 12.8. The number of ether oxygens (including phenoxy) is 2. The first-order chi connectivity index (χ1) is 11.0. The standard InChI is InChI=1S/C17H16N2O4/c1-21-11-5-10(6-12(8-11)22-2)9-3-4-14-13(7-9)15(18)16(23-14)17(19)20/h3-8H,18H2,1-2H3,(H2,19,20). The van der Waals surface area contributed by atoms with Crippen molar-refractivity contribution < 1.29 is 18.7 Å². The average Bonchev–Trinajstić information content (AvgIpc) is 2.91. The summed E-state index contributed by atoms with van der Waals surface area (Å²) in [5, 5.41) is 0.637. The third-order valence-corrected chi connectivity index (χ3v) is 3.63. The van der Waals surface area contributed by atoms with E-state index >= 15 is 0 Å². The van der Waals surface area contributed by atoms with Gasteiger partial charge in [0.25, 0.3) is 5.91 Å². The number of fused-ring (bicyclic) bond motifs is 1. The van der Waals surface area contributed by atoms with Crippen LogP contribution < -0.4 is 20.9 Å². The van der Waals surface area contributed by atoms with Gasteiger partial charge >= 0.3 is 0 Å². The summed E-state index contributed by atoms with van der Waals surface area (Å²) in [4.78, 5) is 11.3. The number of benzene rings is 2. The van der Waals surface area contributed by atoms with Gasteiger partial charge in [-0.25, -0.2) is 0 Å². The third-order valence-electron chi connectivity index (χ3n) is 3.63. The maximum atomic E-state index is 11.3. The Morgan fingerprint density at radius 2 is 1.65 bits per heavy atom. The van der Waals surface area contributed by atoms with Gasteiger partial charge in [-0.2, -0.15) is 0 Å². The number of methoxy groups -OCH3 is 2. The van der Waals surface area contributed by atoms with Crippen LogP contribution in [0.4, 0.5) is 5.69 Å². The summed E-state index contributed by atoms with van der Waals surface area (Å²) >= 11 is 0. The molecule has 118 valence electrons. The largest absolute Gasteiger partial charge is 0.497 e. The summed E-state index contributed by atoms with van der Waals surface area (Å²) in [7, 11) is 3.18. The molecule has 0 radical (unpaired) electrons. The van der Waals surface area contributed by atoms with E-state index in [1.807, 2.05) is 24.3 Å². The summed E-state index contributed by atoms with van der Waals surface area (Å²) in [6.07, 6.45) is 0. The van der Waals surface area contributed by atoms with Gasteiger partial charge in [0.1, 0.15) is 17.1 Å². The molecule has 1 aromatic heterocycles. The van der Waals surface area contributed by atoms with Gasteiger partial charge in [0.2, 0.25) is 5.76 Å². The fourth-order valence-electron chi connectivity index (χ4n) is 2.45. The number of amides is 1. The van der Waals surface area contributed by atoms with Gasteiger partial charge in [-0.05, 0) is 35.4 Å². The van der Waals surface area contributed by atoms with Crippen molar-refractivity contribution >= 4 is 22.6 Å². The van der Waals surface area contributed by atoms with Crippen molar-refractivity contribution in [3.8, 4) is 22.6 Å². The van der Waals surface area contributed by atoms with Crippen molar-refractivity contribution in [2.45, 2.75) is 0 Å². The molecule has 0 atom stereocenters. The van der Waals surface area contributed by atoms with E-state index in [2.05, 4.69) is 0 Å². The normalized spacial score (nSPS) is 10.7. The van der Waals surface area contributed by atoms with Gasteiger partial charge < -0.3 is 25.4 Å². The van der Waals surface area contributed by atoms with Crippen LogP contribution in [-0.4, -0.2) is 20.1 Å². The third kappa shape index (κ3) is 2.55. The van der Waals surface area contributed by atoms with Crippen molar-refractivity contribution in [2.75, 3.05) is 20.0 Å². The molecule has 0 saturated carbocycles. The molecule has 6 heteroatoms. The highest BCUT2D eigenvalue weighted by atomic mass is 16.5. The monoisotopic (exact) mass is 312 g/mol. The highest BCUT2D eigenvalue weighted by Crippen LogP contribution is 2.34. The van der Waals surface area contributed by atoms with Crippen molar-refractivity contribution in [1.29, 1.82) is 0 Å². The predicted octanol–water partition coefficient (Wildman–Crippen LogP) is 2.80. The molecule has 0 spiro atoms. The highest BCUT2D eigenvalue weighted by Gasteiger charge is 2.16. The number of carbonyl (C=O) groups is 1. The number of anilines is 1. The number of rotatable bonds is 4. The zero-order chi connectivity index (χ0) is 16.6. The minimum atomic E-state index is -0.691. The lowest BCUT2D eigenvalue weighted by atomic mass is 10.0. The Bertz CT molecular complexity index is 877. The van der Waals surface area contributed by atoms with Crippen LogP contribution >= 0.6 is 0 Å². The lowest BCUT2D eigenvalue weighted by molar-refractivity contribution is 0.0977. The second-order valence-electron chi connectivity index (χ2n) is 5.02. The van der Waals surface area contributed by atoms with Gasteiger partial charge in [0.15, 0.2) is 0 Å². The molecule has 0 aliphatic carbocycles. The minimum Gasteiger partial charge on any atom is -0.497 e. The molecule has 0 aliphatic heterocycles. The molecule has 0 saturated heterocycles. The summed E-state index contributed by atoms with van der Waals surface area (Å²) in [6.45, 7) is 0. The van der Waals surface area contributed by atoms with E-state index in [-0.39, 0.29) is 11.4 Å². The Kier molecular flexibility index (Phi) is 3.57. The molecule has 0 unspecified atom stereocenters. The van der Waals surface area contributed by atoms with E-state index in [4.69, 9.17) is 25.4 Å². The molecule has 23 heavy (non-hydrogen) atoms. The summed E-state index contributed by atoms with van der Waals surface area (Å²) < 4.78 is 16.0. The van der Waals surface area contributed by atoms with E-state index in [1.165, 1.54) is 0 Å². The average molecular weight is 312 g/mol. The first-order valence-corrected chi connectivity index (χ1v) is 6.88. The smallest absolute Gasteiger partial charge is 0.286 e. The van der Waals surface area contributed by atoms with Crippen molar-refractivity contribution in [3.63, 3.8) is 0 Å². The van der Waals surface area contributed by atoms with Crippen molar-refractivity contribution in [1.82, 2.24) is 0 Å². The van der Waals surface area contributed by atoms with Gasteiger partial charge in [0, 0.05) is 11.5 Å². The summed E-state index contributed by atoms with van der Waals surface area (Å²) in [5.74, 6) is 0.638. The Labute approximate surface area is 132 Å². The van der Waals surface area contributed by atoms with Crippen LogP contribution in [0.3, 0.4) is 0 Å². The maximum absolute atomic E-state index is 11.3.